The number of fused-ring (bicyclic) bond motifs is 1. The molecule has 0 saturated carbocycles. The van der Waals surface area contributed by atoms with Gasteiger partial charge >= 0.3 is 0 Å². The molecule has 1 aromatic heterocycles. The molecule has 28 heavy (non-hydrogen) atoms. The van der Waals surface area contributed by atoms with Crippen LogP contribution in [0.3, 0.4) is 0 Å². The molecule has 1 aliphatic rings. The van der Waals surface area contributed by atoms with E-state index in [1.54, 1.807) is 0 Å². The highest BCUT2D eigenvalue weighted by molar-refractivity contribution is 7.12. The Morgan fingerprint density at radius 1 is 1.25 bits per heavy atom. The Balaban J connectivity index is 1.46. The molecular formula is C21H19N3O3S. The van der Waals surface area contributed by atoms with Gasteiger partial charge in [0.1, 0.15) is 10.8 Å². The summed E-state index contributed by atoms with van der Waals surface area (Å²) in [4.78, 5) is 29.5. The Labute approximate surface area is 166 Å². The summed E-state index contributed by atoms with van der Waals surface area (Å²) in [5.41, 5.74) is 3.40. The van der Waals surface area contributed by atoms with Crippen LogP contribution in [0.1, 0.15) is 15.4 Å². The second-order valence-corrected chi connectivity index (χ2v) is 7.79. The molecule has 2 aromatic carbocycles. The van der Waals surface area contributed by atoms with Crippen LogP contribution in [-0.4, -0.2) is 23.4 Å². The first-order valence-corrected chi connectivity index (χ1v) is 9.74. The maximum absolute atomic E-state index is 12.3. The van der Waals surface area contributed by atoms with Gasteiger partial charge in [0.2, 0.25) is 5.91 Å². The predicted molar refractivity (Wildman–Crippen MR) is 108 cm³/mol. The van der Waals surface area contributed by atoms with Gasteiger partial charge in [0, 0.05) is 17.0 Å². The normalized spacial score (nSPS) is 12.7. The summed E-state index contributed by atoms with van der Waals surface area (Å²) in [7, 11) is 0. The van der Waals surface area contributed by atoms with E-state index in [0.717, 1.165) is 26.7 Å². The second-order valence-electron chi connectivity index (χ2n) is 6.50. The van der Waals surface area contributed by atoms with E-state index in [0.29, 0.717) is 18.0 Å². The van der Waals surface area contributed by atoms with Gasteiger partial charge in [0.15, 0.2) is 6.61 Å². The van der Waals surface area contributed by atoms with Crippen LogP contribution in [0.25, 0.3) is 11.3 Å². The van der Waals surface area contributed by atoms with Crippen molar-refractivity contribution in [3.05, 3.63) is 64.0 Å². The van der Waals surface area contributed by atoms with E-state index in [1.165, 1.54) is 11.3 Å². The lowest BCUT2D eigenvalue weighted by Crippen LogP contribution is -2.25. The molecule has 2 amide bonds. The lowest BCUT2D eigenvalue weighted by Gasteiger charge is -2.18. The fourth-order valence-electron chi connectivity index (χ4n) is 3.02. The smallest absolute Gasteiger partial charge is 0.262 e. The van der Waals surface area contributed by atoms with Crippen LogP contribution >= 0.6 is 11.3 Å². The fourth-order valence-corrected chi connectivity index (χ4v) is 3.98. The van der Waals surface area contributed by atoms with Crippen molar-refractivity contribution in [2.24, 2.45) is 0 Å². The van der Waals surface area contributed by atoms with E-state index in [2.05, 4.69) is 15.6 Å². The molecule has 3 aromatic rings. The number of thiazole rings is 1. The third-order valence-electron chi connectivity index (χ3n) is 4.37. The quantitative estimate of drug-likeness (QED) is 0.697. The predicted octanol–water partition coefficient (Wildman–Crippen LogP) is 3.31. The Kier molecular flexibility index (Phi) is 5.08. The van der Waals surface area contributed by atoms with Crippen LogP contribution in [-0.2, 0) is 22.6 Å². The van der Waals surface area contributed by atoms with Gasteiger partial charge in [-0.2, -0.15) is 0 Å². The van der Waals surface area contributed by atoms with Crippen LogP contribution in [0.5, 0.6) is 5.75 Å². The largest absolute Gasteiger partial charge is 0.482 e. The highest BCUT2D eigenvalue weighted by Crippen LogP contribution is 2.35. The Bertz CT molecular complexity index is 1030. The lowest BCUT2D eigenvalue weighted by atomic mass is 10.1. The van der Waals surface area contributed by atoms with Crippen LogP contribution in [0.15, 0.2) is 48.5 Å². The Morgan fingerprint density at radius 2 is 2.07 bits per heavy atom. The number of ether oxygens (including phenoxy) is 1. The summed E-state index contributed by atoms with van der Waals surface area (Å²) in [6.07, 6.45) is 0.239. The second kappa shape index (κ2) is 7.82. The van der Waals surface area contributed by atoms with E-state index in [1.807, 2.05) is 55.5 Å². The molecule has 142 valence electrons. The number of rotatable bonds is 5. The number of aromatic nitrogens is 1. The summed E-state index contributed by atoms with van der Waals surface area (Å²) in [5.74, 6) is 0.419. The zero-order chi connectivity index (χ0) is 19.5. The third-order valence-corrected chi connectivity index (χ3v) is 5.34. The number of anilines is 1. The average molecular weight is 393 g/mol. The molecule has 0 saturated heterocycles. The van der Waals surface area contributed by atoms with Crippen molar-refractivity contribution in [1.82, 2.24) is 10.3 Å². The molecule has 2 heterocycles. The molecule has 6 nitrogen and oxygen atoms in total. The molecule has 7 heteroatoms. The van der Waals surface area contributed by atoms with E-state index >= 15 is 0 Å². The first-order valence-electron chi connectivity index (χ1n) is 8.92. The number of amides is 2. The minimum atomic E-state index is -0.171. The highest BCUT2D eigenvalue weighted by Gasteiger charge is 2.18. The zero-order valence-electron chi connectivity index (χ0n) is 15.3. The number of nitrogens with one attached hydrogen (secondary N) is 2. The number of carbonyl (C=O) groups excluding carboxylic acids is 2. The summed E-state index contributed by atoms with van der Waals surface area (Å²) in [6, 6.07) is 15.4. The van der Waals surface area contributed by atoms with Gasteiger partial charge in [-0.1, -0.05) is 30.3 Å². The van der Waals surface area contributed by atoms with Crippen LogP contribution in [0.4, 0.5) is 5.69 Å². The van der Waals surface area contributed by atoms with E-state index in [9.17, 15) is 9.59 Å². The van der Waals surface area contributed by atoms with Gasteiger partial charge in [-0.15, -0.1) is 11.3 Å². The van der Waals surface area contributed by atoms with Gasteiger partial charge in [0.25, 0.3) is 5.91 Å². The number of hydrogen-bond acceptors (Lipinski definition) is 5. The van der Waals surface area contributed by atoms with Gasteiger partial charge in [-0.05, 0) is 30.7 Å². The van der Waals surface area contributed by atoms with Gasteiger partial charge in [-0.3, -0.25) is 9.59 Å². The molecule has 0 fully saturated rings. The molecule has 2 N–H and O–H groups in total. The van der Waals surface area contributed by atoms with Crippen molar-refractivity contribution < 1.29 is 14.3 Å². The standard InChI is InChI=1S/C21H19N3O3S/c1-13-21(15-7-8-17-16(9-15)23-19(26)12-27-17)24-20(28-13)10-18(25)22-11-14-5-3-2-4-6-14/h2-9H,10-12H2,1H3,(H,22,25)(H,23,26). The summed E-state index contributed by atoms with van der Waals surface area (Å²) >= 11 is 1.51. The molecule has 0 spiro atoms. The Morgan fingerprint density at radius 3 is 2.89 bits per heavy atom. The average Bonchev–Trinajstić information content (AvgIpc) is 3.06. The first kappa shape index (κ1) is 18.2. The highest BCUT2D eigenvalue weighted by atomic mass is 32.1. The van der Waals surface area contributed by atoms with Crippen molar-refractivity contribution in [2.45, 2.75) is 19.9 Å². The summed E-state index contributed by atoms with van der Waals surface area (Å²) in [5, 5.41) is 6.49. The minimum Gasteiger partial charge on any atom is -0.482 e. The van der Waals surface area contributed by atoms with E-state index < -0.39 is 0 Å². The monoisotopic (exact) mass is 393 g/mol. The zero-order valence-corrected chi connectivity index (χ0v) is 16.1. The molecule has 1 aliphatic heterocycles. The number of carbonyl (C=O) groups is 2. The molecule has 0 aliphatic carbocycles. The van der Waals surface area contributed by atoms with Crippen molar-refractivity contribution in [3.8, 4) is 17.0 Å². The molecule has 0 radical (unpaired) electrons. The topological polar surface area (TPSA) is 80.3 Å². The van der Waals surface area contributed by atoms with Crippen molar-refractivity contribution in [1.29, 1.82) is 0 Å². The van der Waals surface area contributed by atoms with Crippen molar-refractivity contribution in [2.75, 3.05) is 11.9 Å². The maximum Gasteiger partial charge on any atom is 0.262 e. The van der Waals surface area contributed by atoms with E-state index in [-0.39, 0.29) is 24.8 Å². The SMILES string of the molecule is Cc1sc(CC(=O)NCc2ccccc2)nc1-c1ccc2c(c1)NC(=O)CO2. The Hall–Kier alpha value is -3.19. The lowest BCUT2D eigenvalue weighted by molar-refractivity contribution is -0.120. The van der Waals surface area contributed by atoms with Crippen molar-refractivity contribution in [3.63, 3.8) is 0 Å². The number of aryl methyl sites for hydroxylation is 1. The number of benzene rings is 2. The first-order chi connectivity index (χ1) is 13.6. The van der Waals surface area contributed by atoms with E-state index in [4.69, 9.17) is 4.74 Å². The summed E-state index contributed by atoms with van der Waals surface area (Å²) < 4.78 is 5.40. The maximum atomic E-state index is 12.3. The number of hydrogen-bond donors (Lipinski definition) is 2. The van der Waals surface area contributed by atoms with Crippen molar-refractivity contribution >= 4 is 28.8 Å². The molecule has 4 rings (SSSR count). The van der Waals surface area contributed by atoms with Gasteiger partial charge in [-0.25, -0.2) is 4.98 Å². The van der Waals surface area contributed by atoms with Crippen LogP contribution < -0.4 is 15.4 Å². The van der Waals surface area contributed by atoms with Crippen LogP contribution in [0, 0.1) is 6.92 Å². The van der Waals surface area contributed by atoms with Gasteiger partial charge in [0.05, 0.1) is 17.8 Å². The van der Waals surface area contributed by atoms with Gasteiger partial charge < -0.3 is 15.4 Å². The number of nitrogens with zero attached hydrogens (tertiary/aromatic N) is 1. The minimum absolute atomic E-state index is 0.0321. The molecule has 0 bridgehead atoms. The molecule has 0 unspecified atom stereocenters. The summed E-state index contributed by atoms with van der Waals surface area (Å²) in [6.45, 7) is 2.51. The third kappa shape index (κ3) is 4.04. The molecule has 0 atom stereocenters. The fraction of sp³-hybridized carbons (Fsp3) is 0.190. The molecular weight excluding hydrogens is 374 g/mol. The van der Waals surface area contributed by atoms with Crippen LogP contribution in [0.2, 0.25) is 0 Å².